The lowest BCUT2D eigenvalue weighted by molar-refractivity contribution is -0.142. The van der Waals surface area contributed by atoms with E-state index in [2.05, 4.69) is 4.98 Å². The van der Waals surface area contributed by atoms with Gasteiger partial charge in [0.2, 0.25) is 5.91 Å². The molecule has 2 aliphatic carbocycles. The van der Waals surface area contributed by atoms with E-state index in [1.807, 2.05) is 59.5 Å². The highest BCUT2D eigenvalue weighted by Gasteiger charge is 2.51. The first-order valence-corrected chi connectivity index (χ1v) is 13.4. The normalized spacial score (nSPS) is 22.0. The smallest absolute Gasteiger partial charge is 0.414 e. The minimum atomic E-state index is -0.966. The minimum Gasteiger partial charge on any atom is -0.481 e. The fourth-order valence-electron chi connectivity index (χ4n) is 6.39. The van der Waals surface area contributed by atoms with Crippen LogP contribution in [0.1, 0.15) is 62.1 Å². The van der Waals surface area contributed by atoms with Gasteiger partial charge in [0.1, 0.15) is 6.61 Å². The fourth-order valence-corrected chi connectivity index (χ4v) is 6.39. The van der Waals surface area contributed by atoms with E-state index in [-0.39, 0.29) is 49.4 Å². The first-order chi connectivity index (χ1) is 18.5. The maximum atomic E-state index is 13.7. The number of carbonyl (C=O) groups excluding carboxylic acids is 2. The van der Waals surface area contributed by atoms with E-state index < -0.39 is 12.1 Å². The number of hydrogen-bond acceptors (Lipinski definition) is 5. The molecule has 2 saturated carbocycles. The lowest BCUT2D eigenvalue weighted by atomic mass is 9.81. The van der Waals surface area contributed by atoms with E-state index in [0.717, 1.165) is 59.8 Å². The molecule has 2 fully saturated rings. The number of ether oxygens (including phenoxy) is 1. The van der Waals surface area contributed by atoms with Crippen molar-refractivity contribution in [1.82, 2.24) is 9.88 Å². The number of aromatic nitrogens is 1. The maximum absolute atomic E-state index is 13.7. The molecule has 0 saturated heterocycles. The zero-order valence-electron chi connectivity index (χ0n) is 21.2. The summed E-state index contributed by atoms with van der Waals surface area (Å²) in [6, 6.07) is 17.4. The van der Waals surface area contributed by atoms with Gasteiger partial charge in [-0.25, -0.2) is 4.79 Å². The quantitative estimate of drug-likeness (QED) is 0.451. The summed E-state index contributed by atoms with van der Waals surface area (Å²) in [5, 5.41) is 10.2. The highest BCUT2D eigenvalue weighted by molar-refractivity contribution is 5.91. The molecule has 2 amide bonds. The number of carbonyl (C=O) groups is 3. The van der Waals surface area contributed by atoms with Gasteiger partial charge in [-0.3, -0.25) is 19.5 Å². The number of rotatable bonds is 7. The van der Waals surface area contributed by atoms with Crippen LogP contribution in [0.15, 0.2) is 60.8 Å². The van der Waals surface area contributed by atoms with Gasteiger partial charge in [0, 0.05) is 41.6 Å². The van der Waals surface area contributed by atoms with Crippen molar-refractivity contribution >= 4 is 34.6 Å². The average molecular weight is 514 g/mol. The highest BCUT2D eigenvalue weighted by atomic mass is 16.6. The fraction of sp³-hybridized carbons (Fsp3) is 0.400. The van der Waals surface area contributed by atoms with Crippen molar-refractivity contribution in [3.8, 4) is 0 Å². The summed E-state index contributed by atoms with van der Waals surface area (Å²) < 4.78 is 5.91. The van der Waals surface area contributed by atoms with Crippen LogP contribution in [0, 0.1) is 5.92 Å². The zero-order chi connectivity index (χ0) is 26.2. The number of benzene rings is 2. The number of amides is 2. The lowest BCUT2D eigenvalue weighted by Gasteiger charge is -2.47. The molecule has 6 rings (SSSR count). The van der Waals surface area contributed by atoms with Crippen molar-refractivity contribution in [2.75, 3.05) is 4.90 Å². The molecule has 3 atom stereocenters. The third-order valence-electron chi connectivity index (χ3n) is 8.13. The number of anilines is 1. The van der Waals surface area contributed by atoms with Crippen LogP contribution < -0.4 is 4.90 Å². The van der Waals surface area contributed by atoms with Crippen molar-refractivity contribution < 1.29 is 24.2 Å². The Hall–Kier alpha value is -3.94. The second-order valence-electron chi connectivity index (χ2n) is 10.5. The van der Waals surface area contributed by atoms with Crippen molar-refractivity contribution in [3.63, 3.8) is 0 Å². The van der Waals surface area contributed by atoms with Crippen LogP contribution in [0.3, 0.4) is 0 Å². The molecule has 3 aliphatic rings. The summed E-state index contributed by atoms with van der Waals surface area (Å²) in [7, 11) is 0. The van der Waals surface area contributed by atoms with E-state index in [4.69, 9.17) is 4.74 Å². The van der Waals surface area contributed by atoms with Crippen LogP contribution in [0.4, 0.5) is 10.5 Å². The SMILES string of the molecule is O=C(O)CCC(=O)N(C1CC1)C1c2ccccc2N(C(=O)OCc2cccc3cccnc23)C2CCCC21. The lowest BCUT2D eigenvalue weighted by Crippen LogP contribution is -2.53. The van der Waals surface area contributed by atoms with Gasteiger partial charge in [-0.05, 0) is 43.4 Å². The first-order valence-electron chi connectivity index (χ1n) is 13.4. The van der Waals surface area contributed by atoms with Crippen LogP contribution in [-0.2, 0) is 20.9 Å². The Morgan fingerprint density at radius 2 is 1.79 bits per heavy atom. The van der Waals surface area contributed by atoms with Crippen LogP contribution in [0.2, 0.25) is 0 Å². The molecule has 0 spiro atoms. The molecule has 0 bridgehead atoms. The van der Waals surface area contributed by atoms with Gasteiger partial charge in [-0.1, -0.05) is 48.9 Å². The molecule has 3 aromatic rings. The second-order valence-corrected chi connectivity index (χ2v) is 10.5. The Morgan fingerprint density at radius 1 is 0.974 bits per heavy atom. The molecule has 3 unspecified atom stereocenters. The molecule has 2 aromatic carbocycles. The monoisotopic (exact) mass is 513 g/mol. The number of pyridine rings is 1. The number of carboxylic acid groups (broad SMARTS) is 1. The standard InChI is InChI=1S/C30H31N3O5/c34-26(15-16-27(35)36)32(21-13-14-21)29-22-9-1-2-11-24(22)33(25-12-4-10-23(25)29)30(37)38-18-20-7-3-6-19-8-5-17-31-28(19)20/h1-3,5-9,11,17,21,23,25,29H,4,10,12-16,18H2,(H,35,36). The maximum Gasteiger partial charge on any atom is 0.414 e. The summed E-state index contributed by atoms with van der Waals surface area (Å²) >= 11 is 0. The van der Waals surface area contributed by atoms with Gasteiger partial charge in [0.05, 0.1) is 23.7 Å². The summed E-state index contributed by atoms with van der Waals surface area (Å²) in [6.07, 6.45) is 5.71. The Bertz CT molecular complexity index is 1380. The van der Waals surface area contributed by atoms with Gasteiger partial charge >= 0.3 is 12.1 Å². The Kier molecular flexibility index (Phi) is 6.47. The number of aliphatic carboxylic acids is 1. The van der Waals surface area contributed by atoms with Gasteiger partial charge in [-0.2, -0.15) is 0 Å². The Morgan fingerprint density at radius 3 is 2.61 bits per heavy atom. The summed E-state index contributed by atoms with van der Waals surface area (Å²) in [5.74, 6) is -1.00. The second kappa shape index (κ2) is 10.1. The van der Waals surface area contributed by atoms with Crippen molar-refractivity contribution in [2.24, 2.45) is 5.92 Å². The summed E-state index contributed by atoms with van der Waals surface area (Å²) in [4.78, 5) is 46.5. The molecular weight excluding hydrogens is 482 g/mol. The number of nitrogens with zero attached hydrogens (tertiary/aromatic N) is 3. The molecule has 1 aromatic heterocycles. The minimum absolute atomic E-state index is 0.00723. The Labute approximate surface area is 221 Å². The van der Waals surface area contributed by atoms with E-state index in [1.165, 1.54) is 0 Å². The number of carboxylic acids is 1. The van der Waals surface area contributed by atoms with Gasteiger partial charge < -0.3 is 14.7 Å². The largest absolute Gasteiger partial charge is 0.481 e. The van der Waals surface area contributed by atoms with Gasteiger partial charge in [0.25, 0.3) is 0 Å². The number of fused-ring (bicyclic) bond motifs is 3. The molecular formula is C30H31N3O5. The first kappa shape index (κ1) is 24.4. The summed E-state index contributed by atoms with van der Waals surface area (Å²) in [6.45, 7) is 0.120. The van der Waals surface area contributed by atoms with Crippen molar-refractivity contribution in [3.05, 3.63) is 71.9 Å². The number of para-hydroxylation sites is 2. The third-order valence-corrected chi connectivity index (χ3v) is 8.13. The van der Waals surface area contributed by atoms with Crippen LogP contribution in [-0.4, -0.2) is 45.0 Å². The topological polar surface area (TPSA) is 100 Å². The predicted molar refractivity (Wildman–Crippen MR) is 141 cm³/mol. The van der Waals surface area contributed by atoms with Crippen LogP contribution in [0.5, 0.6) is 0 Å². The van der Waals surface area contributed by atoms with Crippen LogP contribution in [0.25, 0.3) is 10.9 Å². The average Bonchev–Trinajstić information content (AvgIpc) is 3.65. The molecule has 2 heterocycles. The van der Waals surface area contributed by atoms with Gasteiger partial charge in [0.15, 0.2) is 0 Å². The molecule has 1 N–H and O–H groups in total. The number of hydrogen-bond donors (Lipinski definition) is 1. The predicted octanol–water partition coefficient (Wildman–Crippen LogP) is 5.46. The zero-order valence-corrected chi connectivity index (χ0v) is 21.2. The molecule has 0 radical (unpaired) electrons. The third kappa shape index (κ3) is 4.48. The summed E-state index contributed by atoms with van der Waals surface area (Å²) in [5.41, 5.74) is 3.39. The van der Waals surface area contributed by atoms with Crippen molar-refractivity contribution in [1.29, 1.82) is 0 Å². The van der Waals surface area contributed by atoms with Gasteiger partial charge in [-0.15, -0.1) is 0 Å². The van der Waals surface area contributed by atoms with E-state index in [9.17, 15) is 19.5 Å². The van der Waals surface area contributed by atoms with Crippen molar-refractivity contribution in [2.45, 2.75) is 69.7 Å². The molecule has 8 heteroatoms. The van der Waals surface area contributed by atoms with E-state index in [0.29, 0.717) is 0 Å². The molecule has 196 valence electrons. The highest BCUT2D eigenvalue weighted by Crippen LogP contribution is 2.52. The molecule has 8 nitrogen and oxygen atoms in total. The van der Waals surface area contributed by atoms with E-state index in [1.54, 1.807) is 11.1 Å². The molecule has 1 aliphatic heterocycles. The Balaban J connectivity index is 1.30. The van der Waals surface area contributed by atoms with E-state index >= 15 is 0 Å². The van der Waals surface area contributed by atoms with Crippen LogP contribution >= 0.6 is 0 Å². The molecule has 38 heavy (non-hydrogen) atoms.